The first-order valence-corrected chi connectivity index (χ1v) is 23.3. The summed E-state index contributed by atoms with van der Waals surface area (Å²) in [6.07, 6.45) is 0. The van der Waals surface area contributed by atoms with E-state index in [4.69, 9.17) is 19.9 Å². The fraction of sp³-hybridized carbons (Fsp3) is 0. The van der Waals surface area contributed by atoms with Crippen molar-refractivity contribution in [2.75, 3.05) is 0 Å². The van der Waals surface area contributed by atoms with Gasteiger partial charge in [-0.1, -0.05) is 206 Å². The van der Waals surface area contributed by atoms with E-state index in [0.717, 1.165) is 94.2 Å². The lowest BCUT2D eigenvalue weighted by molar-refractivity contribution is 1.07. The van der Waals surface area contributed by atoms with Crippen LogP contribution in [0.25, 0.3) is 128 Å². The SMILES string of the molecule is c1ccc(-c2cccc(-c3nc(-c4ccc(-c5cccc6c5nc(-c5ccccc5)c5cc7c8ccccc8n(-c8ccccc8)c7cc56)cc4)nc(-c4cccc(-c5ccccc5)c4)n3)c2)cc1. The first-order valence-electron chi connectivity index (χ1n) is 23.3. The van der Waals surface area contributed by atoms with Gasteiger partial charge in [0, 0.05) is 55.0 Å². The molecule has 0 bridgehead atoms. The van der Waals surface area contributed by atoms with E-state index in [2.05, 4.69) is 241 Å². The molecule has 10 aromatic carbocycles. The fourth-order valence-corrected chi connectivity index (χ4v) is 9.89. The Balaban J connectivity index is 0.968. The van der Waals surface area contributed by atoms with Crippen LogP contribution >= 0.6 is 0 Å². The van der Waals surface area contributed by atoms with E-state index in [1.54, 1.807) is 0 Å². The van der Waals surface area contributed by atoms with Gasteiger partial charge in [0.1, 0.15) is 0 Å². The monoisotopic (exact) mass is 879 g/mol. The van der Waals surface area contributed by atoms with Gasteiger partial charge in [0.2, 0.25) is 0 Å². The zero-order valence-electron chi connectivity index (χ0n) is 37.4. The maximum absolute atomic E-state index is 5.59. The predicted molar refractivity (Wildman–Crippen MR) is 285 cm³/mol. The zero-order valence-corrected chi connectivity index (χ0v) is 37.4. The molecule has 0 amide bonds. The summed E-state index contributed by atoms with van der Waals surface area (Å²) in [5.41, 5.74) is 15.7. The van der Waals surface area contributed by atoms with Gasteiger partial charge in [-0.25, -0.2) is 19.9 Å². The molecule has 322 valence electrons. The Bertz CT molecular complexity index is 3930. The van der Waals surface area contributed by atoms with Crippen molar-refractivity contribution in [1.29, 1.82) is 0 Å². The molecular weight excluding hydrogens is 839 g/mol. The highest BCUT2D eigenvalue weighted by Crippen LogP contribution is 2.42. The highest BCUT2D eigenvalue weighted by molar-refractivity contribution is 6.21. The summed E-state index contributed by atoms with van der Waals surface area (Å²) in [6.45, 7) is 0. The predicted octanol–water partition coefficient (Wildman–Crippen LogP) is 16.3. The topological polar surface area (TPSA) is 56.5 Å². The van der Waals surface area contributed by atoms with Gasteiger partial charge in [-0.3, -0.25) is 0 Å². The second-order valence-corrected chi connectivity index (χ2v) is 17.4. The standard InChI is InChI=1S/C64H41N5/c1-5-18-42(19-6-1)47-24-15-26-49(38-47)63-66-62(67-64(68-63)50-27-16-25-48(39-50)43-20-7-2-8-21-43)46-36-34-44(35-37-46)52-31-17-32-54-55-41-59-56(40-57(55)60(65-61(52)54)45-22-9-3-10-23-45)53-30-13-14-33-58(53)69(59)51-28-11-4-12-29-51/h1-41H. The summed E-state index contributed by atoms with van der Waals surface area (Å²) in [5.74, 6) is 1.82. The van der Waals surface area contributed by atoms with Crippen molar-refractivity contribution in [3.63, 3.8) is 0 Å². The van der Waals surface area contributed by atoms with Crippen LogP contribution in [0.15, 0.2) is 249 Å². The van der Waals surface area contributed by atoms with Gasteiger partial charge in [0.25, 0.3) is 0 Å². The Labute approximate surface area is 399 Å². The maximum atomic E-state index is 5.59. The van der Waals surface area contributed by atoms with Crippen molar-refractivity contribution in [1.82, 2.24) is 24.5 Å². The molecule has 3 aromatic heterocycles. The third-order valence-corrected chi connectivity index (χ3v) is 13.2. The average molecular weight is 880 g/mol. The Morgan fingerprint density at radius 2 is 0.725 bits per heavy atom. The number of para-hydroxylation sites is 3. The summed E-state index contributed by atoms with van der Waals surface area (Å²) in [4.78, 5) is 21.1. The largest absolute Gasteiger partial charge is 0.309 e. The molecule has 0 aliphatic heterocycles. The Morgan fingerprint density at radius 3 is 1.35 bits per heavy atom. The highest BCUT2D eigenvalue weighted by Gasteiger charge is 2.20. The van der Waals surface area contributed by atoms with Gasteiger partial charge >= 0.3 is 0 Å². The molecule has 13 aromatic rings. The quantitative estimate of drug-likeness (QED) is 0.143. The lowest BCUT2D eigenvalue weighted by Gasteiger charge is -2.15. The molecule has 13 rings (SSSR count). The van der Waals surface area contributed by atoms with Crippen LogP contribution in [0, 0.1) is 0 Å². The van der Waals surface area contributed by atoms with Gasteiger partial charge in [0.15, 0.2) is 17.5 Å². The van der Waals surface area contributed by atoms with E-state index in [1.165, 1.54) is 16.3 Å². The number of pyridine rings is 1. The van der Waals surface area contributed by atoms with Gasteiger partial charge < -0.3 is 4.57 Å². The molecule has 0 atom stereocenters. The lowest BCUT2D eigenvalue weighted by Crippen LogP contribution is -2.00. The normalized spacial score (nSPS) is 11.5. The average Bonchev–Trinajstić information content (AvgIpc) is 3.76. The number of fused-ring (bicyclic) bond motifs is 6. The van der Waals surface area contributed by atoms with Crippen molar-refractivity contribution >= 4 is 43.5 Å². The van der Waals surface area contributed by atoms with Crippen LogP contribution in [0.3, 0.4) is 0 Å². The summed E-state index contributed by atoms with van der Waals surface area (Å²) in [7, 11) is 0. The van der Waals surface area contributed by atoms with Crippen molar-refractivity contribution in [2.45, 2.75) is 0 Å². The number of hydrogen-bond donors (Lipinski definition) is 0. The molecule has 0 saturated heterocycles. The van der Waals surface area contributed by atoms with Crippen LogP contribution in [-0.4, -0.2) is 24.5 Å². The molecule has 0 spiro atoms. The molecule has 0 radical (unpaired) electrons. The third-order valence-electron chi connectivity index (χ3n) is 13.2. The van der Waals surface area contributed by atoms with E-state index in [-0.39, 0.29) is 0 Å². The molecule has 3 heterocycles. The molecule has 0 aliphatic rings. The van der Waals surface area contributed by atoms with Crippen LogP contribution in [-0.2, 0) is 0 Å². The number of benzene rings is 10. The molecular formula is C64H41N5. The van der Waals surface area contributed by atoms with Crippen LogP contribution in [0.2, 0.25) is 0 Å². The van der Waals surface area contributed by atoms with Gasteiger partial charge in [-0.2, -0.15) is 0 Å². The number of rotatable bonds is 8. The molecule has 0 N–H and O–H groups in total. The summed E-state index contributed by atoms with van der Waals surface area (Å²) in [6, 6.07) is 87.5. The zero-order chi connectivity index (χ0) is 45.7. The molecule has 5 heteroatoms. The second kappa shape index (κ2) is 16.8. The van der Waals surface area contributed by atoms with Gasteiger partial charge in [-0.05, 0) is 75.7 Å². The molecule has 0 aliphatic carbocycles. The summed E-state index contributed by atoms with van der Waals surface area (Å²) >= 11 is 0. The Hall–Kier alpha value is -9.32. The Morgan fingerprint density at radius 1 is 0.246 bits per heavy atom. The maximum Gasteiger partial charge on any atom is 0.164 e. The van der Waals surface area contributed by atoms with E-state index < -0.39 is 0 Å². The Kier molecular flexibility index (Phi) is 9.76. The fourth-order valence-electron chi connectivity index (χ4n) is 9.89. The lowest BCUT2D eigenvalue weighted by atomic mass is 9.94. The van der Waals surface area contributed by atoms with Gasteiger partial charge in [0.05, 0.1) is 22.2 Å². The smallest absolute Gasteiger partial charge is 0.164 e. The minimum Gasteiger partial charge on any atom is -0.309 e. The second-order valence-electron chi connectivity index (χ2n) is 17.4. The van der Waals surface area contributed by atoms with Crippen molar-refractivity contribution in [3.8, 4) is 84.5 Å². The van der Waals surface area contributed by atoms with E-state index >= 15 is 0 Å². The molecule has 0 saturated carbocycles. The van der Waals surface area contributed by atoms with Crippen LogP contribution < -0.4 is 0 Å². The molecule has 5 nitrogen and oxygen atoms in total. The first kappa shape index (κ1) is 40.0. The van der Waals surface area contributed by atoms with E-state index in [9.17, 15) is 0 Å². The van der Waals surface area contributed by atoms with Crippen molar-refractivity contribution in [3.05, 3.63) is 249 Å². The molecule has 69 heavy (non-hydrogen) atoms. The number of nitrogens with zero attached hydrogens (tertiary/aromatic N) is 5. The van der Waals surface area contributed by atoms with Gasteiger partial charge in [-0.15, -0.1) is 0 Å². The first-order chi connectivity index (χ1) is 34.2. The summed E-state index contributed by atoms with van der Waals surface area (Å²) < 4.78 is 2.39. The van der Waals surface area contributed by atoms with Crippen molar-refractivity contribution < 1.29 is 0 Å². The number of aromatic nitrogens is 5. The number of hydrogen-bond acceptors (Lipinski definition) is 4. The third kappa shape index (κ3) is 7.21. The minimum absolute atomic E-state index is 0.600. The molecule has 0 unspecified atom stereocenters. The van der Waals surface area contributed by atoms with E-state index in [0.29, 0.717) is 17.5 Å². The van der Waals surface area contributed by atoms with Crippen LogP contribution in [0.4, 0.5) is 0 Å². The van der Waals surface area contributed by atoms with E-state index in [1.807, 2.05) is 12.1 Å². The summed E-state index contributed by atoms with van der Waals surface area (Å²) in [5, 5.41) is 5.78. The minimum atomic E-state index is 0.600. The highest BCUT2D eigenvalue weighted by atomic mass is 15.0. The van der Waals surface area contributed by atoms with Crippen LogP contribution in [0.5, 0.6) is 0 Å². The molecule has 0 fully saturated rings. The van der Waals surface area contributed by atoms with Crippen LogP contribution in [0.1, 0.15) is 0 Å². The van der Waals surface area contributed by atoms with Crippen molar-refractivity contribution in [2.24, 2.45) is 0 Å².